The van der Waals surface area contributed by atoms with Crippen LogP contribution < -0.4 is 0 Å². The molecular formula is C12H12F3N. The van der Waals surface area contributed by atoms with Gasteiger partial charge in [0.25, 0.3) is 0 Å². The second-order valence-electron chi connectivity index (χ2n) is 3.74. The van der Waals surface area contributed by atoms with Crippen LogP contribution in [0.2, 0.25) is 0 Å². The maximum Gasteiger partial charge on any atom is 0.389 e. The summed E-state index contributed by atoms with van der Waals surface area (Å²) in [6.45, 7) is 0. The normalized spacial score (nSPS) is 13.1. The van der Waals surface area contributed by atoms with Crippen molar-refractivity contribution in [3.05, 3.63) is 35.9 Å². The van der Waals surface area contributed by atoms with E-state index in [1.54, 1.807) is 24.3 Å². The number of rotatable bonds is 4. The first kappa shape index (κ1) is 12.6. The molecule has 1 aromatic rings. The Labute approximate surface area is 92.5 Å². The van der Waals surface area contributed by atoms with Crippen molar-refractivity contribution in [3.63, 3.8) is 0 Å². The van der Waals surface area contributed by atoms with Gasteiger partial charge in [0.2, 0.25) is 0 Å². The molecule has 0 radical (unpaired) electrons. The molecule has 16 heavy (non-hydrogen) atoms. The van der Waals surface area contributed by atoms with Gasteiger partial charge in [-0.15, -0.1) is 0 Å². The number of nitriles is 1. The maximum absolute atomic E-state index is 12.2. The number of alkyl halides is 3. The summed E-state index contributed by atoms with van der Waals surface area (Å²) in [7, 11) is 0. The van der Waals surface area contributed by atoms with Crippen molar-refractivity contribution in [1.82, 2.24) is 0 Å². The zero-order valence-electron chi connectivity index (χ0n) is 8.67. The Kier molecular flexibility index (Phi) is 4.36. The Balaban J connectivity index is 2.62. The van der Waals surface area contributed by atoms with Crippen molar-refractivity contribution in [1.29, 1.82) is 5.26 Å². The number of benzene rings is 1. The molecule has 86 valence electrons. The van der Waals surface area contributed by atoms with Gasteiger partial charge in [0.1, 0.15) is 0 Å². The Morgan fingerprint density at radius 2 is 1.81 bits per heavy atom. The molecule has 0 aliphatic carbocycles. The van der Waals surface area contributed by atoms with Crippen LogP contribution in [-0.2, 0) is 6.42 Å². The molecule has 1 atom stereocenters. The average Bonchev–Trinajstić information content (AvgIpc) is 2.17. The van der Waals surface area contributed by atoms with Crippen LogP contribution in [0.1, 0.15) is 18.4 Å². The lowest BCUT2D eigenvalue weighted by Crippen LogP contribution is -2.16. The molecule has 1 nitrogen and oxygen atoms in total. The van der Waals surface area contributed by atoms with E-state index in [0.29, 0.717) is 6.42 Å². The van der Waals surface area contributed by atoms with Gasteiger partial charge >= 0.3 is 6.18 Å². The second kappa shape index (κ2) is 5.55. The van der Waals surface area contributed by atoms with Gasteiger partial charge in [0.15, 0.2) is 0 Å². The first-order valence-electron chi connectivity index (χ1n) is 4.99. The second-order valence-corrected chi connectivity index (χ2v) is 3.74. The summed E-state index contributed by atoms with van der Waals surface area (Å²) >= 11 is 0. The zero-order chi connectivity index (χ0) is 12.0. The molecule has 1 rings (SSSR count). The highest BCUT2D eigenvalue weighted by Gasteiger charge is 2.31. The van der Waals surface area contributed by atoms with E-state index in [9.17, 15) is 13.2 Å². The van der Waals surface area contributed by atoms with E-state index >= 15 is 0 Å². The Hall–Kier alpha value is -1.50. The highest BCUT2D eigenvalue weighted by Crippen LogP contribution is 2.28. The van der Waals surface area contributed by atoms with Crippen LogP contribution in [0.15, 0.2) is 30.3 Å². The van der Waals surface area contributed by atoms with Gasteiger partial charge in [-0.1, -0.05) is 30.3 Å². The molecule has 0 fully saturated rings. The summed E-state index contributed by atoms with van der Waals surface area (Å²) < 4.78 is 36.7. The van der Waals surface area contributed by atoms with Crippen molar-refractivity contribution < 1.29 is 13.2 Å². The third-order valence-electron chi connectivity index (χ3n) is 2.27. The lowest BCUT2D eigenvalue weighted by atomic mass is 9.93. The molecule has 0 saturated carbocycles. The Bertz CT molecular complexity index is 351. The molecule has 0 bridgehead atoms. The molecule has 0 saturated heterocycles. The minimum absolute atomic E-state index is 0.0611. The van der Waals surface area contributed by atoms with Crippen LogP contribution in [0.5, 0.6) is 0 Å². The monoisotopic (exact) mass is 227 g/mol. The third-order valence-corrected chi connectivity index (χ3v) is 2.27. The highest BCUT2D eigenvalue weighted by molar-refractivity contribution is 5.15. The number of nitrogens with zero attached hydrogens (tertiary/aromatic N) is 1. The summed E-state index contributed by atoms with van der Waals surface area (Å²) in [5.41, 5.74) is 0.840. The van der Waals surface area contributed by atoms with Crippen LogP contribution in [0.3, 0.4) is 0 Å². The van der Waals surface area contributed by atoms with E-state index < -0.39 is 18.5 Å². The standard InChI is InChI=1S/C12H12F3N/c13-12(14,15)9-11(6-7-16)8-10-4-2-1-3-5-10/h1-5,11H,6,8-9H2. The van der Waals surface area contributed by atoms with Crippen molar-refractivity contribution in [2.45, 2.75) is 25.4 Å². The molecular weight excluding hydrogens is 215 g/mol. The minimum Gasteiger partial charge on any atom is -0.198 e. The topological polar surface area (TPSA) is 23.8 Å². The van der Waals surface area contributed by atoms with Crippen molar-refractivity contribution in [2.75, 3.05) is 0 Å². The van der Waals surface area contributed by atoms with E-state index in [0.717, 1.165) is 5.56 Å². The van der Waals surface area contributed by atoms with Gasteiger partial charge in [0, 0.05) is 12.8 Å². The van der Waals surface area contributed by atoms with Gasteiger partial charge < -0.3 is 0 Å². The lowest BCUT2D eigenvalue weighted by molar-refractivity contribution is -0.144. The Morgan fingerprint density at radius 1 is 1.19 bits per heavy atom. The summed E-state index contributed by atoms with van der Waals surface area (Å²) in [4.78, 5) is 0. The highest BCUT2D eigenvalue weighted by atomic mass is 19.4. The fourth-order valence-electron chi connectivity index (χ4n) is 1.62. The van der Waals surface area contributed by atoms with Crippen LogP contribution in [0, 0.1) is 17.2 Å². The predicted molar refractivity (Wildman–Crippen MR) is 54.5 cm³/mol. The maximum atomic E-state index is 12.2. The molecule has 0 spiro atoms. The van der Waals surface area contributed by atoms with Crippen LogP contribution in [-0.4, -0.2) is 6.18 Å². The molecule has 4 heteroatoms. The molecule has 0 aliphatic heterocycles. The molecule has 1 unspecified atom stereocenters. The molecule has 0 N–H and O–H groups in total. The number of hydrogen-bond donors (Lipinski definition) is 0. The summed E-state index contributed by atoms with van der Waals surface area (Å²) in [5, 5.41) is 8.49. The van der Waals surface area contributed by atoms with Crippen LogP contribution in [0.25, 0.3) is 0 Å². The van der Waals surface area contributed by atoms with E-state index in [4.69, 9.17) is 5.26 Å². The van der Waals surface area contributed by atoms with Gasteiger partial charge in [-0.05, 0) is 17.9 Å². The van der Waals surface area contributed by atoms with Gasteiger partial charge in [-0.25, -0.2) is 0 Å². The van der Waals surface area contributed by atoms with Gasteiger partial charge in [0.05, 0.1) is 6.07 Å². The minimum atomic E-state index is -4.20. The zero-order valence-corrected chi connectivity index (χ0v) is 8.67. The van der Waals surface area contributed by atoms with Crippen LogP contribution in [0.4, 0.5) is 13.2 Å². The molecule has 0 aliphatic rings. The first-order valence-corrected chi connectivity index (χ1v) is 4.99. The van der Waals surface area contributed by atoms with E-state index in [1.165, 1.54) is 0 Å². The van der Waals surface area contributed by atoms with Crippen molar-refractivity contribution in [2.24, 2.45) is 5.92 Å². The summed E-state index contributed by atoms with van der Waals surface area (Å²) in [5.74, 6) is -0.646. The van der Waals surface area contributed by atoms with E-state index in [1.807, 2.05) is 12.1 Å². The Morgan fingerprint density at radius 3 is 2.31 bits per heavy atom. The smallest absolute Gasteiger partial charge is 0.198 e. The lowest BCUT2D eigenvalue weighted by Gasteiger charge is -2.15. The van der Waals surface area contributed by atoms with Crippen LogP contribution >= 0.6 is 0 Å². The number of hydrogen-bond acceptors (Lipinski definition) is 1. The van der Waals surface area contributed by atoms with Crippen molar-refractivity contribution >= 4 is 0 Å². The van der Waals surface area contributed by atoms with Crippen molar-refractivity contribution in [3.8, 4) is 6.07 Å². The predicted octanol–water partition coefficient (Wildman–Crippen LogP) is 3.71. The van der Waals surface area contributed by atoms with E-state index in [2.05, 4.69) is 0 Å². The fraction of sp³-hybridized carbons (Fsp3) is 0.417. The SMILES string of the molecule is N#CCC(Cc1ccccc1)CC(F)(F)F. The molecule has 0 heterocycles. The number of halogens is 3. The van der Waals surface area contributed by atoms with Gasteiger partial charge in [-0.2, -0.15) is 18.4 Å². The van der Waals surface area contributed by atoms with E-state index in [-0.39, 0.29) is 6.42 Å². The fourth-order valence-corrected chi connectivity index (χ4v) is 1.62. The molecule has 1 aromatic carbocycles. The summed E-state index contributed by atoms with van der Waals surface area (Å²) in [6, 6.07) is 10.7. The molecule has 0 amide bonds. The third kappa shape index (κ3) is 4.83. The largest absolute Gasteiger partial charge is 0.389 e. The summed E-state index contributed by atoms with van der Waals surface area (Å²) in [6.07, 6.45) is -4.85. The first-order chi connectivity index (χ1) is 7.51. The van der Waals surface area contributed by atoms with Gasteiger partial charge in [-0.3, -0.25) is 0 Å². The quantitative estimate of drug-likeness (QED) is 0.769. The molecule has 0 aromatic heterocycles. The average molecular weight is 227 g/mol.